The Labute approximate surface area is 147 Å². The molecule has 0 saturated heterocycles. The molecule has 1 unspecified atom stereocenters. The summed E-state index contributed by atoms with van der Waals surface area (Å²) in [4.78, 5) is 31.7. The van der Waals surface area contributed by atoms with E-state index in [1.54, 1.807) is 18.7 Å². The standard InChI is InChI=1S/C12H15N5O6S2/c1-6-13-12(23-3)15-10(17(6)2)14-11(20)16-25(21,22)7-4-5-24-8(7)9(18)19/h4-5,10H,1-3H3,(H,18,19)(H2,14,16,20). The number of sulfonamides is 1. The smallest absolute Gasteiger partial charge is 0.347 e. The number of carbonyl (C=O) groups is 2. The predicted molar refractivity (Wildman–Crippen MR) is 89.2 cm³/mol. The molecule has 1 aliphatic heterocycles. The molecule has 1 atom stereocenters. The number of nitrogens with one attached hydrogen (secondary N) is 2. The number of carboxylic acids is 1. The maximum atomic E-state index is 12.2. The van der Waals surface area contributed by atoms with Gasteiger partial charge in [0.2, 0.25) is 6.29 Å². The normalized spacial score (nSPS) is 17.4. The van der Waals surface area contributed by atoms with Crippen molar-refractivity contribution in [3.63, 3.8) is 0 Å². The third-order valence-corrected chi connectivity index (χ3v) is 5.56. The highest BCUT2D eigenvalue weighted by Gasteiger charge is 2.28. The zero-order valence-corrected chi connectivity index (χ0v) is 15.0. The largest absolute Gasteiger partial charge is 0.477 e. The fourth-order valence-electron chi connectivity index (χ4n) is 1.83. The molecular weight excluding hydrogens is 374 g/mol. The van der Waals surface area contributed by atoms with Gasteiger partial charge in [-0.2, -0.15) is 9.98 Å². The first kappa shape index (κ1) is 18.7. The van der Waals surface area contributed by atoms with Crippen molar-refractivity contribution in [3.8, 4) is 0 Å². The lowest BCUT2D eigenvalue weighted by Gasteiger charge is -2.29. The fourth-order valence-corrected chi connectivity index (χ4v) is 4.01. The Morgan fingerprint density at radius 2 is 2.12 bits per heavy atom. The number of urea groups is 1. The monoisotopic (exact) mass is 389 g/mol. The summed E-state index contributed by atoms with van der Waals surface area (Å²) in [6.07, 6.45) is -0.941. The van der Waals surface area contributed by atoms with Crippen LogP contribution in [0.4, 0.5) is 4.79 Å². The second-order valence-electron chi connectivity index (χ2n) is 4.76. The minimum Gasteiger partial charge on any atom is -0.477 e. The molecule has 11 nitrogen and oxygen atoms in total. The molecule has 1 aliphatic rings. The molecule has 2 rings (SSSR count). The molecule has 0 radical (unpaired) electrons. The van der Waals surface area contributed by atoms with E-state index in [2.05, 4.69) is 15.3 Å². The Morgan fingerprint density at radius 1 is 1.44 bits per heavy atom. The molecule has 2 amide bonds. The number of aliphatic imine (C=N–C) groups is 2. The molecule has 136 valence electrons. The van der Waals surface area contributed by atoms with Crippen LogP contribution in [-0.4, -0.2) is 62.7 Å². The SMILES string of the molecule is COC1=NC(NC(=O)NS(=O)(=O)c2ccsc2C(=O)O)N(C)C(C)=N1. The summed E-state index contributed by atoms with van der Waals surface area (Å²) >= 11 is 0.738. The molecule has 0 aliphatic carbocycles. The first-order valence-corrected chi connectivity index (χ1v) is 9.06. The van der Waals surface area contributed by atoms with Crippen molar-refractivity contribution < 1.29 is 27.9 Å². The zero-order valence-electron chi connectivity index (χ0n) is 13.4. The van der Waals surface area contributed by atoms with Gasteiger partial charge in [0.15, 0.2) is 0 Å². The van der Waals surface area contributed by atoms with Crippen molar-refractivity contribution in [2.75, 3.05) is 14.2 Å². The molecule has 0 bridgehead atoms. The highest BCUT2D eigenvalue weighted by atomic mass is 32.2. The van der Waals surface area contributed by atoms with Gasteiger partial charge in [-0.25, -0.2) is 22.7 Å². The van der Waals surface area contributed by atoms with Gasteiger partial charge in [-0.3, -0.25) is 5.32 Å². The number of carboxylic acid groups (broad SMARTS) is 1. The minimum atomic E-state index is -4.35. The second-order valence-corrected chi connectivity index (χ2v) is 7.32. The molecule has 0 fully saturated rings. The Balaban J connectivity index is 2.14. The van der Waals surface area contributed by atoms with E-state index in [9.17, 15) is 18.0 Å². The van der Waals surface area contributed by atoms with Crippen molar-refractivity contribution in [1.82, 2.24) is 14.9 Å². The molecule has 2 heterocycles. The van der Waals surface area contributed by atoms with Crippen LogP contribution in [0.2, 0.25) is 0 Å². The van der Waals surface area contributed by atoms with E-state index in [0.717, 1.165) is 17.4 Å². The van der Waals surface area contributed by atoms with Crippen molar-refractivity contribution in [3.05, 3.63) is 16.3 Å². The van der Waals surface area contributed by atoms with Crippen LogP contribution in [0.5, 0.6) is 0 Å². The van der Waals surface area contributed by atoms with E-state index in [4.69, 9.17) is 9.84 Å². The number of ether oxygens (including phenoxy) is 1. The summed E-state index contributed by atoms with van der Waals surface area (Å²) in [6.45, 7) is 1.65. The molecule has 0 aromatic carbocycles. The summed E-state index contributed by atoms with van der Waals surface area (Å²) in [5.41, 5.74) is 0. The molecule has 1 aromatic heterocycles. The Kier molecular flexibility index (Phi) is 5.27. The number of methoxy groups -OCH3 is 1. The number of carbonyl (C=O) groups excluding carboxylic acids is 1. The average Bonchev–Trinajstić information content (AvgIpc) is 3.01. The topological polar surface area (TPSA) is 150 Å². The highest BCUT2D eigenvalue weighted by Crippen LogP contribution is 2.21. The van der Waals surface area contributed by atoms with E-state index in [1.807, 2.05) is 0 Å². The van der Waals surface area contributed by atoms with Crippen molar-refractivity contribution in [2.45, 2.75) is 18.1 Å². The van der Waals surface area contributed by atoms with E-state index in [-0.39, 0.29) is 6.02 Å². The Morgan fingerprint density at radius 3 is 2.72 bits per heavy atom. The van der Waals surface area contributed by atoms with E-state index >= 15 is 0 Å². The first-order chi connectivity index (χ1) is 11.7. The molecule has 0 spiro atoms. The van der Waals surface area contributed by atoms with Gasteiger partial charge in [0.1, 0.15) is 15.6 Å². The fraction of sp³-hybridized carbons (Fsp3) is 0.333. The third-order valence-electron chi connectivity index (χ3n) is 3.15. The Bertz CT molecular complexity index is 859. The van der Waals surface area contributed by atoms with Gasteiger partial charge in [-0.05, 0) is 18.4 Å². The van der Waals surface area contributed by atoms with Crippen LogP contribution in [-0.2, 0) is 14.8 Å². The number of hydrogen-bond donors (Lipinski definition) is 3. The number of aromatic carboxylic acids is 1. The molecule has 13 heteroatoms. The predicted octanol–water partition coefficient (Wildman–Crippen LogP) is 0.0840. The van der Waals surface area contributed by atoms with Crippen molar-refractivity contribution >= 4 is 45.2 Å². The van der Waals surface area contributed by atoms with Gasteiger partial charge in [0.05, 0.1) is 7.11 Å². The number of hydrogen-bond acceptors (Lipinski definition) is 9. The maximum Gasteiger partial charge on any atom is 0.347 e. The average molecular weight is 389 g/mol. The maximum absolute atomic E-state index is 12.2. The lowest BCUT2D eigenvalue weighted by molar-refractivity contribution is 0.0698. The number of rotatable bonds is 4. The van der Waals surface area contributed by atoms with Crippen LogP contribution < -0.4 is 10.0 Å². The van der Waals surface area contributed by atoms with E-state index < -0.39 is 38.1 Å². The summed E-state index contributed by atoms with van der Waals surface area (Å²) in [5.74, 6) is -0.907. The van der Waals surface area contributed by atoms with E-state index in [1.165, 1.54) is 17.4 Å². The van der Waals surface area contributed by atoms with Gasteiger partial charge >= 0.3 is 18.0 Å². The lowest BCUT2D eigenvalue weighted by atomic mass is 10.5. The highest BCUT2D eigenvalue weighted by molar-refractivity contribution is 7.90. The first-order valence-electron chi connectivity index (χ1n) is 6.69. The van der Waals surface area contributed by atoms with Gasteiger partial charge in [-0.15, -0.1) is 11.3 Å². The van der Waals surface area contributed by atoms with Crippen LogP contribution in [0.15, 0.2) is 26.3 Å². The van der Waals surface area contributed by atoms with Crippen LogP contribution in [0, 0.1) is 0 Å². The van der Waals surface area contributed by atoms with Gasteiger partial charge < -0.3 is 14.7 Å². The van der Waals surface area contributed by atoms with Crippen LogP contribution in [0.1, 0.15) is 16.6 Å². The molecular formula is C12H15N5O6S2. The van der Waals surface area contributed by atoms with Gasteiger partial charge in [0.25, 0.3) is 10.0 Å². The molecule has 25 heavy (non-hydrogen) atoms. The number of nitrogens with zero attached hydrogens (tertiary/aromatic N) is 3. The lowest BCUT2D eigenvalue weighted by Crippen LogP contribution is -2.53. The Hall–Kier alpha value is -2.67. The number of amidine groups is 2. The molecule has 3 N–H and O–H groups in total. The second kappa shape index (κ2) is 7.06. The number of thiophene rings is 1. The van der Waals surface area contributed by atoms with Crippen molar-refractivity contribution in [2.24, 2.45) is 9.98 Å². The van der Waals surface area contributed by atoms with Crippen LogP contribution in [0.3, 0.4) is 0 Å². The summed E-state index contributed by atoms with van der Waals surface area (Å²) in [6, 6.07) is 0.0529. The summed E-state index contributed by atoms with van der Waals surface area (Å²) in [5, 5.41) is 12.6. The minimum absolute atomic E-state index is 0.0229. The number of amides is 2. The van der Waals surface area contributed by atoms with Gasteiger partial charge in [0, 0.05) is 7.05 Å². The van der Waals surface area contributed by atoms with Crippen LogP contribution >= 0.6 is 11.3 Å². The summed E-state index contributed by atoms with van der Waals surface area (Å²) in [7, 11) is -1.41. The molecule has 0 saturated carbocycles. The summed E-state index contributed by atoms with van der Waals surface area (Å²) < 4.78 is 31.1. The van der Waals surface area contributed by atoms with Gasteiger partial charge in [-0.1, -0.05) is 0 Å². The van der Waals surface area contributed by atoms with Crippen molar-refractivity contribution in [1.29, 1.82) is 0 Å². The van der Waals surface area contributed by atoms with Crippen LogP contribution in [0.25, 0.3) is 0 Å². The molecule has 1 aromatic rings. The zero-order chi connectivity index (χ0) is 18.8. The quantitative estimate of drug-likeness (QED) is 0.660. The third kappa shape index (κ3) is 4.06. The van der Waals surface area contributed by atoms with E-state index in [0.29, 0.717) is 5.84 Å².